The quantitative estimate of drug-likeness (QED) is 0.926. The van der Waals surface area contributed by atoms with E-state index in [1.54, 1.807) is 36.1 Å². The fraction of sp³-hybridized carbons (Fsp3) is 0.182. The summed E-state index contributed by atoms with van der Waals surface area (Å²) in [4.78, 5) is 0. The number of aromatic nitrogens is 2. The first-order valence-electron chi connectivity index (χ1n) is 4.70. The Labute approximate surface area is 107 Å². The van der Waals surface area contributed by atoms with Gasteiger partial charge in [0.2, 0.25) is 0 Å². The molecule has 0 saturated carbocycles. The maximum atomic E-state index is 10.2. The van der Waals surface area contributed by atoms with Crippen molar-refractivity contribution in [3.8, 4) is 0 Å². The van der Waals surface area contributed by atoms with E-state index in [1.165, 1.54) is 0 Å². The molecule has 1 heterocycles. The van der Waals surface area contributed by atoms with E-state index in [0.717, 1.165) is 4.47 Å². The molecule has 0 aliphatic carbocycles. The summed E-state index contributed by atoms with van der Waals surface area (Å²) < 4.78 is 2.52. The summed E-state index contributed by atoms with van der Waals surface area (Å²) in [7, 11) is 1.78. The van der Waals surface area contributed by atoms with Gasteiger partial charge in [-0.2, -0.15) is 5.10 Å². The lowest BCUT2D eigenvalue weighted by Crippen LogP contribution is -2.07. The predicted molar refractivity (Wildman–Crippen MR) is 66.4 cm³/mol. The Kier molecular flexibility index (Phi) is 3.33. The first-order valence-corrected chi connectivity index (χ1v) is 5.87. The largest absolute Gasteiger partial charge is 0.382 e. The normalized spacial score (nSPS) is 12.8. The highest BCUT2D eigenvalue weighted by molar-refractivity contribution is 9.10. The van der Waals surface area contributed by atoms with E-state index in [0.29, 0.717) is 16.3 Å². The van der Waals surface area contributed by atoms with Crippen molar-refractivity contribution >= 4 is 27.5 Å². The molecule has 2 aromatic rings. The summed E-state index contributed by atoms with van der Waals surface area (Å²) >= 11 is 9.40. The second kappa shape index (κ2) is 4.57. The van der Waals surface area contributed by atoms with Gasteiger partial charge in [-0.05, 0) is 18.2 Å². The molecule has 1 aromatic carbocycles. The van der Waals surface area contributed by atoms with Gasteiger partial charge in [0.15, 0.2) is 0 Å². The molecule has 1 atom stereocenters. The summed E-state index contributed by atoms with van der Waals surface area (Å²) in [6, 6.07) is 7.17. The molecule has 0 amide bonds. The smallest absolute Gasteiger partial charge is 0.122 e. The highest BCUT2D eigenvalue weighted by atomic mass is 79.9. The van der Waals surface area contributed by atoms with Crippen LogP contribution in [0.5, 0.6) is 0 Å². The Hall–Kier alpha value is -0.840. The van der Waals surface area contributed by atoms with E-state index in [9.17, 15) is 5.11 Å². The zero-order chi connectivity index (χ0) is 11.7. The molecule has 0 radical (unpaired) electrons. The lowest BCUT2D eigenvalue weighted by Gasteiger charge is -2.13. The molecule has 0 fully saturated rings. The summed E-state index contributed by atoms with van der Waals surface area (Å²) in [6.45, 7) is 0. The minimum absolute atomic E-state index is 0.531. The average molecular weight is 302 g/mol. The van der Waals surface area contributed by atoms with Gasteiger partial charge in [0, 0.05) is 28.3 Å². The first kappa shape index (κ1) is 11.6. The summed E-state index contributed by atoms with van der Waals surface area (Å²) in [5.41, 5.74) is 1.39. The topological polar surface area (TPSA) is 38.0 Å². The molecule has 1 unspecified atom stereocenters. The Morgan fingerprint density at radius 1 is 1.44 bits per heavy atom. The van der Waals surface area contributed by atoms with Crippen LogP contribution >= 0.6 is 27.5 Å². The monoisotopic (exact) mass is 300 g/mol. The third-order valence-electron chi connectivity index (χ3n) is 2.40. The molecular weight excluding hydrogens is 291 g/mol. The molecular formula is C11H10BrClN2O. The molecule has 16 heavy (non-hydrogen) atoms. The standard InChI is InChI=1S/C11H10BrClN2O/c1-15-10(4-5-14-15)11(16)8-3-2-7(12)6-9(8)13/h2-6,11,16H,1H3. The van der Waals surface area contributed by atoms with Crippen molar-refractivity contribution in [1.29, 1.82) is 0 Å². The lowest BCUT2D eigenvalue weighted by molar-refractivity contribution is 0.210. The number of hydrogen-bond donors (Lipinski definition) is 1. The van der Waals surface area contributed by atoms with Crippen molar-refractivity contribution in [2.75, 3.05) is 0 Å². The summed E-state index contributed by atoms with van der Waals surface area (Å²) in [6.07, 6.45) is 0.888. The number of benzene rings is 1. The zero-order valence-corrected chi connectivity index (χ0v) is 10.9. The summed E-state index contributed by atoms with van der Waals surface area (Å²) in [5.74, 6) is 0. The molecule has 1 aromatic heterocycles. The minimum Gasteiger partial charge on any atom is -0.382 e. The van der Waals surface area contributed by atoms with Gasteiger partial charge >= 0.3 is 0 Å². The minimum atomic E-state index is -0.756. The Morgan fingerprint density at radius 3 is 2.75 bits per heavy atom. The van der Waals surface area contributed by atoms with Crippen LogP contribution in [0, 0.1) is 0 Å². The van der Waals surface area contributed by atoms with Gasteiger partial charge < -0.3 is 5.11 Å². The van der Waals surface area contributed by atoms with Crippen molar-refractivity contribution in [2.24, 2.45) is 7.05 Å². The summed E-state index contributed by atoms with van der Waals surface area (Å²) in [5, 5.41) is 14.7. The van der Waals surface area contributed by atoms with Gasteiger partial charge in [-0.15, -0.1) is 0 Å². The predicted octanol–water partition coefficient (Wildman–Crippen LogP) is 2.92. The zero-order valence-electron chi connectivity index (χ0n) is 8.56. The molecule has 0 saturated heterocycles. The number of hydrogen-bond acceptors (Lipinski definition) is 2. The van der Waals surface area contributed by atoms with Crippen LogP contribution in [0.3, 0.4) is 0 Å². The average Bonchev–Trinajstić information content (AvgIpc) is 2.63. The van der Waals surface area contributed by atoms with Crippen molar-refractivity contribution in [3.63, 3.8) is 0 Å². The molecule has 0 aliphatic rings. The number of nitrogens with zero attached hydrogens (tertiary/aromatic N) is 2. The highest BCUT2D eigenvalue weighted by Crippen LogP contribution is 2.29. The second-order valence-corrected chi connectivity index (χ2v) is 4.77. The second-order valence-electron chi connectivity index (χ2n) is 3.45. The van der Waals surface area contributed by atoms with Gasteiger partial charge in [0.05, 0.1) is 5.69 Å². The van der Waals surface area contributed by atoms with Crippen molar-refractivity contribution in [2.45, 2.75) is 6.10 Å². The van der Waals surface area contributed by atoms with Crippen LogP contribution in [0.2, 0.25) is 5.02 Å². The van der Waals surface area contributed by atoms with Crippen LogP contribution < -0.4 is 0 Å². The molecule has 2 rings (SSSR count). The van der Waals surface area contributed by atoms with E-state index in [-0.39, 0.29) is 0 Å². The lowest BCUT2D eigenvalue weighted by atomic mass is 10.1. The maximum Gasteiger partial charge on any atom is 0.122 e. The van der Waals surface area contributed by atoms with Gasteiger partial charge in [-0.1, -0.05) is 33.6 Å². The number of aliphatic hydroxyl groups excluding tert-OH is 1. The number of aryl methyl sites for hydroxylation is 1. The third-order valence-corrected chi connectivity index (χ3v) is 3.22. The highest BCUT2D eigenvalue weighted by Gasteiger charge is 2.16. The maximum absolute atomic E-state index is 10.2. The van der Waals surface area contributed by atoms with Crippen molar-refractivity contribution < 1.29 is 5.11 Å². The third kappa shape index (κ3) is 2.14. The molecule has 1 N–H and O–H groups in total. The van der Waals surface area contributed by atoms with Gasteiger partial charge in [0.25, 0.3) is 0 Å². The van der Waals surface area contributed by atoms with Crippen molar-refractivity contribution in [1.82, 2.24) is 9.78 Å². The van der Waals surface area contributed by atoms with E-state index in [2.05, 4.69) is 21.0 Å². The Balaban J connectivity index is 2.41. The van der Waals surface area contributed by atoms with E-state index in [1.807, 2.05) is 6.07 Å². The van der Waals surface area contributed by atoms with Crippen LogP contribution in [0.25, 0.3) is 0 Å². The molecule has 84 valence electrons. The van der Waals surface area contributed by atoms with E-state index >= 15 is 0 Å². The SMILES string of the molecule is Cn1nccc1C(O)c1ccc(Br)cc1Cl. The number of aliphatic hydroxyl groups is 1. The van der Waals surface area contributed by atoms with E-state index in [4.69, 9.17) is 11.6 Å². The van der Waals surface area contributed by atoms with E-state index < -0.39 is 6.10 Å². The van der Waals surface area contributed by atoms with Crippen LogP contribution in [0.1, 0.15) is 17.4 Å². The Bertz CT molecular complexity index is 512. The fourth-order valence-electron chi connectivity index (χ4n) is 1.53. The molecule has 0 aliphatic heterocycles. The molecule has 3 nitrogen and oxygen atoms in total. The van der Waals surface area contributed by atoms with Crippen LogP contribution in [0.15, 0.2) is 34.9 Å². The number of halogens is 2. The molecule has 0 bridgehead atoms. The van der Waals surface area contributed by atoms with Crippen LogP contribution in [0.4, 0.5) is 0 Å². The Morgan fingerprint density at radius 2 is 2.19 bits per heavy atom. The van der Waals surface area contributed by atoms with Gasteiger partial charge in [0.1, 0.15) is 6.10 Å². The van der Waals surface area contributed by atoms with Gasteiger partial charge in [-0.3, -0.25) is 4.68 Å². The van der Waals surface area contributed by atoms with Crippen molar-refractivity contribution in [3.05, 3.63) is 51.2 Å². The van der Waals surface area contributed by atoms with Crippen LogP contribution in [-0.4, -0.2) is 14.9 Å². The van der Waals surface area contributed by atoms with Gasteiger partial charge in [-0.25, -0.2) is 0 Å². The number of rotatable bonds is 2. The molecule has 0 spiro atoms. The molecule has 5 heteroatoms. The fourth-order valence-corrected chi connectivity index (χ4v) is 2.31. The first-order chi connectivity index (χ1) is 7.59. The van der Waals surface area contributed by atoms with Crippen LogP contribution in [-0.2, 0) is 7.05 Å².